The van der Waals surface area contributed by atoms with Crippen LogP contribution in [-0.4, -0.2) is 48.4 Å². The van der Waals surface area contributed by atoms with Gasteiger partial charge in [0.1, 0.15) is 5.82 Å². The first-order valence-electron chi connectivity index (χ1n) is 12.0. The van der Waals surface area contributed by atoms with E-state index in [0.29, 0.717) is 31.1 Å². The number of benzene rings is 2. The third-order valence-electron chi connectivity index (χ3n) is 7.34. The summed E-state index contributed by atoms with van der Waals surface area (Å²) in [6.45, 7) is 6.64. The zero-order chi connectivity index (χ0) is 23.2. The Bertz CT molecular complexity index is 1170. The SMILES string of the molecule is Cc1ccccc1C1CCN(c2nc(C3(F)CC3)nc3c(C)cc(N(C)CCO)cc23)CC1. The highest BCUT2D eigenvalue weighted by Crippen LogP contribution is 2.49. The molecule has 5 nitrogen and oxygen atoms in total. The van der Waals surface area contributed by atoms with E-state index in [1.807, 2.05) is 18.9 Å². The van der Waals surface area contributed by atoms with Crippen LogP contribution in [0.3, 0.4) is 0 Å². The highest BCUT2D eigenvalue weighted by Gasteiger charge is 2.48. The number of anilines is 2. The number of nitrogens with zero attached hydrogens (tertiary/aromatic N) is 4. The minimum absolute atomic E-state index is 0.0899. The van der Waals surface area contributed by atoms with E-state index in [2.05, 4.69) is 48.2 Å². The fourth-order valence-electron chi connectivity index (χ4n) is 5.09. The van der Waals surface area contributed by atoms with Gasteiger partial charge in [0.15, 0.2) is 11.5 Å². The molecule has 0 spiro atoms. The molecule has 3 aromatic rings. The molecule has 0 atom stereocenters. The van der Waals surface area contributed by atoms with E-state index < -0.39 is 5.67 Å². The van der Waals surface area contributed by atoms with Gasteiger partial charge >= 0.3 is 0 Å². The Morgan fingerprint density at radius 1 is 1.09 bits per heavy atom. The van der Waals surface area contributed by atoms with Crippen LogP contribution >= 0.6 is 0 Å². The van der Waals surface area contributed by atoms with E-state index >= 15 is 4.39 Å². The molecule has 33 heavy (non-hydrogen) atoms. The first-order chi connectivity index (χ1) is 15.9. The van der Waals surface area contributed by atoms with Crippen LogP contribution in [0.15, 0.2) is 36.4 Å². The van der Waals surface area contributed by atoms with Gasteiger partial charge in [-0.25, -0.2) is 14.4 Å². The maximum absolute atomic E-state index is 15.1. The summed E-state index contributed by atoms with van der Waals surface area (Å²) in [5, 5.41) is 10.4. The van der Waals surface area contributed by atoms with Crippen molar-refractivity contribution >= 4 is 22.4 Å². The molecule has 2 heterocycles. The molecule has 1 saturated carbocycles. The van der Waals surface area contributed by atoms with E-state index in [1.54, 1.807) is 0 Å². The number of aliphatic hydroxyl groups excluding tert-OH is 1. The number of hydrogen-bond acceptors (Lipinski definition) is 5. The van der Waals surface area contributed by atoms with Crippen molar-refractivity contribution < 1.29 is 9.50 Å². The molecule has 5 rings (SSSR count). The third-order valence-corrected chi connectivity index (χ3v) is 7.34. The molecule has 174 valence electrons. The predicted octanol–water partition coefficient (Wildman–Crippen LogP) is 5.02. The van der Waals surface area contributed by atoms with Crippen LogP contribution in [0.5, 0.6) is 0 Å². The van der Waals surface area contributed by atoms with Gasteiger partial charge in [0.2, 0.25) is 0 Å². The van der Waals surface area contributed by atoms with E-state index in [1.165, 1.54) is 11.1 Å². The molecule has 1 N–H and O–H groups in total. The number of likely N-dealkylation sites (N-methyl/N-ethyl adjacent to an activating group) is 1. The monoisotopic (exact) mass is 448 g/mol. The van der Waals surface area contributed by atoms with Crippen molar-refractivity contribution in [2.45, 2.75) is 51.1 Å². The summed E-state index contributed by atoms with van der Waals surface area (Å²) < 4.78 is 15.1. The van der Waals surface area contributed by atoms with Crippen LogP contribution in [0.1, 0.15) is 54.1 Å². The molecule has 0 unspecified atom stereocenters. The van der Waals surface area contributed by atoms with E-state index in [0.717, 1.165) is 53.9 Å². The van der Waals surface area contributed by atoms with Crippen molar-refractivity contribution in [3.63, 3.8) is 0 Å². The lowest BCUT2D eigenvalue weighted by Gasteiger charge is -2.34. The van der Waals surface area contributed by atoms with Gasteiger partial charge in [-0.15, -0.1) is 0 Å². The number of halogens is 1. The number of fused-ring (bicyclic) bond motifs is 1. The van der Waals surface area contributed by atoms with Gasteiger partial charge in [0.05, 0.1) is 12.1 Å². The molecular weight excluding hydrogens is 415 g/mol. The van der Waals surface area contributed by atoms with Crippen LogP contribution in [0.2, 0.25) is 0 Å². The molecule has 2 fully saturated rings. The average molecular weight is 449 g/mol. The fourth-order valence-corrected chi connectivity index (χ4v) is 5.09. The van der Waals surface area contributed by atoms with E-state index in [9.17, 15) is 5.11 Å². The highest BCUT2D eigenvalue weighted by molar-refractivity contribution is 5.94. The lowest BCUT2D eigenvalue weighted by atomic mass is 9.87. The Morgan fingerprint density at radius 3 is 2.48 bits per heavy atom. The topological polar surface area (TPSA) is 52.5 Å². The summed E-state index contributed by atoms with van der Waals surface area (Å²) in [6, 6.07) is 12.8. The molecule has 0 radical (unpaired) electrons. The lowest BCUT2D eigenvalue weighted by molar-refractivity contribution is 0.301. The van der Waals surface area contributed by atoms with Gasteiger partial charge in [-0.1, -0.05) is 24.3 Å². The normalized spacial score (nSPS) is 18.0. The van der Waals surface area contributed by atoms with Crippen LogP contribution in [-0.2, 0) is 5.67 Å². The number of rotatable bonds is 6. The van der Waals surface area contributed by atoms with Crippen molar-refractivity contribution in [2.24, 2.45) is 0 Å². The zero-order valence-corrected chi connectivity index (χ0v) is 19.8. The number of piperidine rings is 1. The van der Waals surface area contributed by atoms with E-state index in [4.69, 9.17) is 9.97 Å². The maximum atomic E-state index is 15.1. The number of aliphatic hydroxyl groups is 1. The summed E-state index contributed by atoms with van der Waals surface area (Å²) in [5.41, 5.74) is 4.28. The number of aryl methyl sites for hydroxylation is 2. The molecule has 2 aromatic carbocycles. The van der Waals surface area contributed by atoms with Crippen LogP contribution < -0.4 is 9.80 Å². The first kappa shape index (κ1) is 22.1. The first-order valence-corrected chi connectivity index (χ1v) is 12.0. The Morgan fingerprint density at radius 2 is 1.82 bits per heavy atom. The number of aromatic nitrogens is 2. The minimum Gasteiger partial charge on any atom is -0.395 e. The lowest BCUT2D eigenvalue weighted by Crippen LogP contribution is -2.34. The summed E-state index contributed by atoms with van der Waals surface area (Å²) in [6.07, 6.45) is 3.11. The molecule has 1 saturated heterocycles. The molecular formula is C27H33FN4O. The Labute approximate surface area is 195 Å². The Balaban J connectivity index is 1.52. The summed E-state index contributed by atoms with van der Waals surface area (Å²) in [5.74, 6) is 1.73. The van der Waals surface area contributed by atoms with Crippen LogP contribution in [0, 0.1) is 13.8 Å². The van der Waals surface area contributed by atoms with Gasteiger partial charge in [-0.05, 0) is 74.3 Å². The molecule has 0 amide bonds. The standard InChI is InChI=1S/C27H33FN4O/c1-18-6-4-5-7-22(18)20-8-12-32(13-9-20)25-23-17-21(31(3)14-15-33)16-19(2)24(23)29-26(30-25)27(28)10-11-27/h4-7,16-17,20,33H,8-15H2,1-3H3. The number of hydrogen-bond donors (Lipinski definition) is 1. The van der Waals surface area contributed by atoms with Crippen LogP contribution in [0.4, 0.5) is 15.9 Å². The van der Waals surface area contributed by atoms with Gasteiger partial charge in [0, 0.05) is 37.8 Å². The molecule has 0 bridgehead atoms. The van der Waals surface area contributed by atoms with Crippen molar-refractivity contribution in [3.8, 4) is 0 Å². The molecule has 6 heteroatoms. The Kier molecular flexibility index (Phi) is 5.73. The maximum Gasteiger partial charge on any atom is 0.170 e. The molecule has 2 aliphatic rings. The van der Waals surface area contributed by atoms with Crippen molar-refractivity contribution in [2.75, 3.05) is 43.1 Å². The summed E-state index contributed by atoms with van der Waals surface area (Å²) in [7, 11) is 1.97. The molecule has 1 aliphatic heterocycles. The van der Waals surface area contributed by atoms with Gasteiger partial charge < -0.3 is 14.9 Å². The fraction of sp³-hybridized carbons (Fsp3) is 0.481. The van der Waals surface area contributed by atoms with Crippen LogP contribution in [0.25, 0.3) is 10.9 Å². The van der Waals surface area contributed by atoms with Gasteiger partial charge in [0.25, 0.3) is 0 Å². The van der Waals surface area contributed by atoms with Gasteiger partial charge in [-0.2, -0.15) is 0 Å². The third kappa shape index (κ3) is 4.17. The molecule has 1 aliphatic carbocycles. The second kappa shape index (κ2) is 8.56. The number of alkyl halides is 1. The highest BCUT2D eigenvalue weighted by atomic mass is 19.1. The predicted molar refractivity (Wildman–Crippen MR) is 132 cm³/mol. The summed E-state index contributed by atoms with van der Waals surface area (Å²) in [4.78, 5) is 13.9. The molecule has 1 aromatic heterocycles. The van der Waals surface area contributed by atoms with Crippen molar-refractivity contribution in [1.29, 1.82) is 0 Å². The quantitative estimate of drug-likeness (QED) is 0.574. The van der Waals surface area contributed by atoms with Gasteiger partial charge in [-0.3, -0.25) is 0 Å². The minimum atomic E-state index is -1.37. The zero-order valence-electron chi connectivity index (χ0n) is 19.8. The summed E-state index contributed by atoms with van der Waals surface area (Å²) >= 11 is 0. The van der Waals surface area contributed by atoms with Crippen molar-refractivity contribution in [1.82, 2.24) is 9.97 Å². The second-order valence-corrected chi connectivity index (χ2v) is 9.76. The van der Waals surface area contributed by atoms with Crippen molar-refractivity contribution in [3.05, 3.63) is 58.9 Å². The van der Waals surface area contributed by atoms with E-state index in [-0.39, 0.29) is 6.61 Å². The second-order valence-electron chi connectivity index (χ2n) is 9.76. The smallest absolute Gasteiger partial charge is 0.170 e. The largest absolute Gasteiger partial charge is 0.395 e. The Hall–Kier alpha value is -2.73. The average Bonchev–Trinajstić information content (AvgIpc) is 3.57.